The van der Waals surface area contributed by atoms with E-state index in [4.69, 9.17) is 10.00 Å². The van der Waals surface area contributed by atoms with Gasteiger partial charge in [-0.15, -0.1) is 0 Å². The van der Waals surface area contributed by atoms with Crippen molar-refractivity contribution in [3.63, 3.8) is 0 Å². The Balaban J connectivity index is 1.74. The van der Waals surface area contributed by atoms with Gasteiger partial charge in [0.1, 0.15) is 23.2 Å². The van der Waals surface area contributed by atoms with Gasteiger partial charge >= 0.3 is 0 Å². The Morgan fingerprint density at radius 3 is 2.65 bits per heavy atom. The summed E-state index contributed by atoms with van der Waals surface area (Å²) >= 11 is 3.22. The maximum absolute atomic E-state index is 13.3. The molecule has 0 aliphatic heterocycles. The second-order valence-corrected chi connectivity index (χ2v) is 6.32. The minimum Gasteiger partial charge on any atom is -0.472 e. The molecular weight excluding hydrogens is 401 g/mol. The highest BCUT2D eigenvalue weighted by atomic mass is 79.9. The molecule has 0 aliphatic rings. The van der Waals surface area contributed by atoms with Crippen LogP contribution < -0.4 is 10.3 Å². The van der Waals surface area contributed by atoms with Crippen LogP contribution in [0.25, 0.3) is 0 Å². The molecule has 0 bridgehead atoms. The average molecular weight is 414 g/mol. The van der Waals surface area contributed by atoms with Gasteiger partial charge in [-0.1, -0.05) is 24.3 Å². The summed E-state index contributed by atoms with van der Waals surface area (Å²) in [6.07, 6.45) is 1.37. The minimum absolute atomic E-state index is 0.176. The maximum Gasteiger partial charge on any atom is 0.271 e. The van der Waals surface area contributed by atoms with Crippen LogP contribution in [0.1, 0.15) is 16.7 Å². The molecule has 0 saturated carbocycles. The zero-order chi connectivity index (χ0) is 18.5. The third-order valence-corrected chi connectivity index (χ3v) is 4.33. The van der Waals surface area contributed by atoms with E-state index in [1.165, 1.54) is 23.0 Å². The first-order chi connectivity index (χ1) is 12.6. The van der Waals surface area contributed by atoms with E-state index in [9.17, 15) is 9.18 Å². The predicted octanol–water partition coefficient (Wildman–Crippen LogP) is 3.64. The Labute approximate surface area is 157 Å². The van der Waals surface area contributed by atoms with Crippen molar-refractivity contribution in [3.05, 3.63) is 92.2 Å². The van der Waals surface area contributed by atoms with Gasteiger partial charge < -0.3 is 4.74 Å². The fourth-order valence-electron chi connectivity index (χ4n) is 2.32. The van der Waals surface area contributed by atoms with Gasteiger partial charge in [0.05, 0.1) is 18.2 Å². The van der Waals surface area contributed by atoms with Crippen molar-refractivity contribution in [2.75, 3.05) is 0 Å². The lowest BCUT2D eigenvalue weighted by molar-refractivity contribution is 0.289. The smallest absolute Gasteiger partial charge is 0.271 e. The number of nitrogens with zero attached hydrogens (tertiary/aromatic N) is 3. The SMILES string of the molecule is N#Cc1ccc(COc2ncn(Cc3cccc(F)c3)c(=O)c2Br)cc1. The summed E-state index contributed by atoms with van der Waals surface area (Å²) in [5.41, 5.74) is 1.75. The molecule has 0 N–H and O–H groups in total. The summed E-state index contributed by atoms with van der Waals surface area (Å²) in [5, 5.41) is 8.79. The topological polar surface area (TPSA) is 67.9 Å². The van der Waals surface area contributed by atoms with Crippen molar-refractivity contribution < 1.29 is 9.13 Å². The Bertz CT molecular complexity index is 1030. The van der Waals surface area contributed by atoms with E-state index in [1.54, 1.807) is 36.4 Å². The second kappa shape index (κ2) is 7.93. The molecule has 3 rings (SSSR count). The van der Waals surface area contributed by atoms with Crippen LogP contribution in [0, 0.1) is 17.1 Å². The number of halogens is 2. The Hall–Kier alpha value is -2.98. The lowest BCUT2D eigenvalue weighted by atomic mass is 10.2. The molecule has 26 heavy (non-hydrogen) atoms. The highest BCUT2D eigenvalue weighted by molar-refractivity contribution is 9.10. The van der Waals surface area contributed by atoms with Crippen molar-refractivity contribution in [2.24, 2.45) is 0 Å². The van der Waals surface area contributed by atoms with Gasteiger partial charge in [-0.05, 0) is 51.3 Å². The molecule has 0 spiro atoms. The average Bonchev–Trinajstić information content (AvgIpc) is 2.65. The lowest BCUT2D eigenvalue weighted by Crippen LogP contribution is -2.22. The molecule has 5 nitrogen and oxygen atoms in total. The first-order valence-corrected chi connectivity index (χ1v) is 8.47. The van der Waals surface area contributed by atoms with Gasteiger partial charge in [-0.2, -0.15) is 5.26 Å². The summed E-state index contributed by atoms with van der Waals surface area (Å²) in [5.74, 6) is -0.181. The van der Waals surface area contributed by atoms with Crippen LogP contribution in [-0.2, 0) is 13.2 Å². The molecule has 0 unspecified atom stereocenters. The highest BCUT2D eigenvalue weighted by Crippen LogP contribution is 2.19. The minimum atomic E-state index is -0.357. The van der Waals surface area contributed by atoms with Crippen LogP contribution in [0.15, 0.2) is 64.1 Å². The quantitative estimate of drug-likeness (QED) is 0.640. The van der Waals surface area contributed by atoms with Crippen molar-refractivity contribution in [1.29, 1.82) is 5.26 Å². The molecule has 0 amide bonds. The number of ether oxygens (including phenoxy) is 1. The zero-order valence-electron chi connectivity index (χ0n) is 13.5. The van der Waals surface area contributed by atoms with Crippen LogP contribution in [0.4, 0.5) is 4.39 Å². The van der Waals surface area contributed by atoms with Crippen LogP contribution in [0.5, 0.6) is 5.88 Å². The van der Waals surface area contributed by atoms with E-state index in [0.29, 0.717) is 11.1 Å². The molecule has 0 aliphatic carbocycles. The molecule has 130 valence electrons. The summed E-state index contributed by atoms with van der Waals surface area (Å²) in [4.78, 5) is 16.6. The Morgan fingerprint density at radius 1 is 1.19 bits per heavy atom. The van der Waals surface area contributed by atoms with Gasteiger partial charge in [0, 0.05) is 0 Å². The third-order valence-electron chi connectivity index (χ3n) is 3.65. The summed E-state index contributed by atoms with van der Waals surface area (Å²) in [7, 11) is 0. The second-order valence-electron chi connectivity index (χ2n) is 5.52. The van der Waals surface area contributed by atoms with Crippen LogP contribution >= 0.6 is 15.9 Å². The zero-order valence-corrected chi connectivity index (χ0v) is 15.1. The highest BCUT2D eigenvalue weighted by Gasteiger charge is 2.11. The van der Waals surface area contributed by atoms with Crippen molar-refractivity contribution in [2.45, 2.75) is 13.2 Å². The van der Waals surface area contributed by atoms with Crippen molar-refractivity contribution in [1.82, 2.24) is 9.55 Å². The number of hydrogen-bond acceptors (Lipinski definition) is 4. The van der Waals surface area contributed by atoms with Crippen LogP contribution in [0.2, 0.25) is 0 Å². The number of benzene rings is 2. The standard InChI is InChI=1S/C19H13BrFN3O2/c20-17-18(26-11-14-6-4-13(9-22)5-7-14)23-12-24(19(17)25)10-15-2-1-3-16(21)8-15/h1-8,12H,10-11H2. The molecule has 0 saturated heterocycles. The van der Waals surface area contributed by atoms with Crippen molar-refractivity contribution in [3.8, 4) is 11.9 Å². The number of hydrogen-bond donors (Lipinski definition) is 0. The lowest BCUT2D eigenvalue weighted by Gasteiger charge is -2.10. The van der Waals surface area contributed by atoms with Gasteiger partial charge in [0.15, 0.2) is 0 Å². The van der Waals surface area contributed by atoms with E-state index >= 15 is 0 Å². The van der Waals surface area contributed by atoms with E-state index in [0.717, 1.165) is 5.56 Å². The molecule has 3 aromatic rings. The van der Waals surface area contributed by atoms with Crippen molar-refractivity contribution >= 4 is 15.9 Å². The first kappa shape index (κ1) is 17.8. The summed E-state index contributed by atoms with van der Waals surface area (Å²) < 4.78 is 20.4. The Kier molecular flexibility index (Phi) is 5.44. The predicted molar refractivity (Wildman–Crippen MR) is 97.2 cm³/mol. The number of aromatic nitrogens is 2. The third kappa shape index (κ3) is 4.16. The van der Waals surface area contributed by atoms with E-state index in [1.807, 2.05) is 6.07 Å². The van der Waals surface area contributed by atoms with E-state index in [2.05, 4.69) is 20.9 Å². The van der Waals surface area contributed by atoms with Crippen LogP contribution in [-0.4, -0.2) is 9.55 Å². The number of rotatable bonds is 5. The summed E-state index contributed by atoms with van der Waals surface area (Å²) in [6, 6.07) is 15.0. The monoisotopic (exact) mass is 413 g/mol. The maximum atomic E-state index is 13.3. The van der Waals surface area contributed by atoms with Gasteiger partial charge in [0.2, 0.25) is 5.88 Å². The van der Waals surface area contributed by atoms with Gasteiger partial charge in [0.25, 0.3) is 5.56 Å². The normalized spacial score (nSPS) is 10.3. The molecular formula is C19H13BrFN3O2. The molecule has 0 fully saturated rings. The molecule has 0 atom stereocenters. The van der Waals surface area contributed by atoms with E-state index < -0.39 is 0 Å². The van der Waals surface area contributed by atoms with Crippen LogP contribution in [0.3, 0.4) is 0 Å². The van der Waals surface area contributed by atoms with E-state index in [-0.39, 0.29) is 34.9 Å². The Morgan fingerprint density at radius 2 is 1.96 bits per heavy atom. The largest absolute Gasteiger partial charge is 0.472 e. The molecule has 0 radical (unpaired) electrons. The number of nitriles is 1. The molecule has 1 aromatic heterocycles. The van der Waals surface area contributed by atoms with Gasteiger partial charge in [-0.3, -0.25) is 9.36 Å². The first-order valence-electron chi connectivity index (χ1n) is 7.68. The molecule has 7 heteroatoms. The molecule has 1 heterocycles. The summed E-state index contributed by atoms with van der Waals surface area (Å²) in [6.45, 7) is 0.419. The van der Waals surface area contributed by atoms with Gasteiger partial charge in [-0.25, -0.2) is 9.37 Å². The fourth-order valence-corrected chi connectivity index (χ4v) is 2.77. The fraction of sp³-hybridized carbons (Fsp3) is 0.105. The molecule has 2 aromatic carbocycles.